The van der Waals surface area contributed by atoms with E-state index in [1.54, 1.807) is 0 Å². The number of phosphoric ester groups is 1. The van der Waals surface area contributed by atoms with E-state index in [-0.39, 0.29) is 6.61 Å². The minimum Gasteiger partial charge on any atom is -0.394 e. The molecule has 0 aromatic rings. The molecule has 0 bridgehead atoms. The first-order chi connectivity index (χ1) is 14.4. The lowest BCUT2D eigenvalue weighted by Gasteiger charge is -2.42. The molecule has 9 nitrogen and oxygen atoms in total. The van der Waals surface area contributed by atoms with E-state index in [1.165, 1.54) is 39.2 Å². The second kappa shape index (κ2) is 15.7. The molecule has 0 aromatic carbocycles. The van der Waals surface area contributed by atoms with Crippen molar-refractivity contribution in [2.45, 2.75) is 102 Å². The molecule has 0 radical (unpaired) electrons. The Labute approximate surface area is 181 Å². The van der Waals surface area contributed by atoms with Gasteiger partial charge in [0.15, 0.2) is 6.29 Å². The van der Waals surface area contributed by atoms with E-state index in [2.05, 4.69) is 6.92 Å². The van der Waals surface area contributed by atoms with Gasteiger partial charge in [-0.25, -0.2) is 4.57 Å². The summed E-state index contributed by atoms with van der Waals surface area (Å²) in [6.45, 7) is 4.20. The third-order valence-corrected chi connectivity index (χ3v) is 6.53. The van der Waals surface area contributed by atoms with Crippen LogP contribution in [0.4, 0.5) is 0 Å². The molecular formula is C20H42NO8P. The maximum absolute atomic E-state index is 12.6. The van der Waals surface area contributed by atoms with Crippen molar-refractivity contribution in [3.63, 3.8) is 0 Å². The SMILES string of the molecule is CCCCCCCCCCOC1C(N)C(OP(=O)(OC)OCCC)OC(CO)C1O. The zero-order valence-electron chi connectivity index (χ0n) is 18.7. The van der Waals surface area contributed by atoms with Crippen molar-refractivity contribution in [2.75, 3.05) is 26.9 Å². The van der Waals surface area contributed by atoms with E-state index < -0.39 is 45.1 Å². The van der Waals surface area contributed by atoms with Gasteiger partial charge in [-0.05, 0) is 12.8 Å². The highest BCUT2D eigenvalue weighted by atomic mass is 31.2. The molecule has 6 unspecified atom stereocenters. The number of ether oxygens (including phenoxy) is 2. The molecule has 30 heavy (non-hydrogen) atoms. The topological polar surface area (TPSA) is 130 Å². The van der Waals surface area contributed by atoms with Crippen LogP contribution in [0.2, 0.25) is 0 Å². The normalized spacial score (nSPS) is 29.1. The van der Waals surface area contributed by atoms with Crippen molar-refractivity contribution in [1.29, 1.82) is 0 Å². The van der Waals surface area contributed by atoms with Crippen molar-refractivity contribution in [1.82, 2.24) is 0 Å². The molecule has 0 saturated carbocycles. The highest BCUT2D eigenvalue weighted by Gasteiger charge is 2.47. The number of phosphoric acid groups is 1. The fraction of sp³-hybridized carbons (Fsp3) is 1.00. The van der Waals surface area contributed by atoms with E-state index in [0.717, 1.165) is 19.3 Å². The zero-order chi connectivity index (χ0) is 22.4. The molecule has 6 atom stereocenters. The third-order valence-electron chi connectivity index (χ3n) is 5.12. The fourth-order valence-corrected chi connectivity index (χ4v) is 4.41. The summed E-state index contributed by atoms with van der Waals surface area (Å²) in [4.78, 5) is 0. The zero-order valence-corrected chi connectivity index (χ0v) is 19.6. The highest BCUT2D eigenvalue weighted by Crippen LogP contribution is 2.51. The first-order valence-electron chi connectivity index (χ1n) is 11.2. The van der Waals surface area contributed by atoms with Crippen molar-refractivity contribution < 1.29 is 37.8 Å². The Morgan fingerprint density at radius 2 is 1.63 bits per heavy atom. The average molecular weight is 456 g/mol. The maximum Gasteiger partial charge on any atom is 0.476 e. The smallest absolute Gasteiger partial charge is 0.394 e. The summed E-state index contributed by atoms with van der Waals surface area (Å²) >= 11 is 0. The van der Waals surface area contributed by atoms with Crippen molar-refractivity contribution in [3.05, 3.63) is 0 Å². The van der Waals surface area contributed by atoms with Crippen LogP contribution in [0, 0.1) is 0 Å². The number of aliphatic hydroxyl groups is 2. The maximum atomic E-state index is 12.6. The van der Waals surface area contributed by atoms with Gasteiger partial charge in [0.1, 0.15) is 18.3 Å². The summed E-state index contributed by atoms with van der Waals surface area (Å²) in [5.74, 6) is 0. The Morgan fingerprint density at radius 3 is 2.20 bits per heavy atom. The molecule has 0 aromatic heterocycles. The van der Waals surface area contributed by atoms with Gasteiger partial charge in [-0.15, -0.1) is 0 Å². The molecule has 10 heteroatoms. The van der Waals surface area contributed by atoms with Gasteiger partial charge in [0.2, 0.25) is 0 Å². The molecule has 4 N–H and O–H groups in total. The van der Waals surface area contributed by atoms with E-state index in [9.17, 15) is 14.8 Å². The average Bonchev–Trinajstić information content (AvgIpc) is 2.75. The number of hydrogen-bond acceptors (Lipinski definition) is 9. The van der Waals surface area contributed by atoms with Crippen LogP contribution < -0.4 is 5.73 Å². The second-order valence-corrected chi connectivity index (χ2v) is 9.40. The minimum absolute atomic E-state index is 0.178. The number of hydrogen-bond donors (Lipinski definition) is 3. The lowest BCUT2D eigenvalue weighted by atomic mass is 9.97. The van der Waals surface area contributed by atoms with Gasteiger partial charge in [0.05, 0.1) is 19.3 Å². The number of unbranched alkanes of at least 4 members (excludes halogenated alkanes) is 7. The first-order valence-corrected chi connectivity index (χ1v) is 12.7. The van der Waals surface area contributed by atoms with E-state index in [1.807, 2.05) is 6.92 Å². The largest absolute Gasteiger partial charge is 0.476 e. The Hall–Kier alpha value is -0.0900. The van der Waals surface area contributed by atoms with Crippen molar-refractivity contribution in [2.24, 2.45) is 5.73 Å². The molecule has 1 heterocycles. The Kier molecular flexibility index (Phi) is 14.6. The minimum atomic E-state index is -3.88. The lowest BCUT2D eigenvalue weighted by molar-refractivity contribution is -0.252. The summed E-state index contributed by atoms with van der Waals surface area (Å²) in [6, 6.07) is -0.925. The molecule has 180 valence electrons. The summed E-state index contributed by atoms with van der Waals surface area (Å²) in [6.07, 6.45) is 5.79. The molecule has 0 amide bonds. The van der Waals surface area contributed by atoms with E-state index in [0.29, 0.717) is 13.0 Å². The number of rotatable bonds is 17. The molecule has 1 fully saturated rings. The molecular weight excluding hydrogens is 413 g/mol. The summed E-state index contributed by atoms with van der Waals surface area (Å²) in [7, 11) is -2.67. The van der Waals surface area contributed by atoms with Crippen LogP contribution in [-0.4, -0.2) is 67.8 Å². The summed E-state index contributed by atoms with van der Waals surface area (Å²) in [5.41, 5.74) is 6.18. The van der Waals surface area contributed by atoms with Gasteiger partial charge in [-0.2, -0.15) is 0 Å². The van der Waals surface area contributed by atoms with Gasteiger partial charge < -0.3 is 25.4 Å². The van der Waals surface area contributed by atoms with Gasteiger partial charge in [-0.1, -0.05) is 58.8 Å². The highest BCUT2D eigenvalue weighted by molar-refractivity contribution is 7.48. The third kappa shape index (κ3) is 9.59. The van der Waals surface area contributed by atoms with E-state index in [4.69, 9.17) is 28.8 Å². The molecule has 1 rings (SSSR count). The fourth-order valence-electron chi connectivity index (χ4n) is 3.31. The van der Waals surface area contributed by atoms with Crippen LogP contribution in [0.1, 0.15) is 71.6 Å². The number of nitrogens with two attached hydrogens (primary N) is 1. The lowest BCUT2D eigenvalue weighted by Crippen LogP contribution is -2.63. The Bertz CT molecular complexity index is 484. The summed E-state index contributed by atoms with van der Waals surface area (Å²) < 4.78 is 39.4. The predicted molar refractivity (Wildman–Crippen MR) is 114 cm³/mol. The molecule has 1 aliphatic rings. The van der Waals surface area contributed by atoms with Crippen molar-refractivity contribution in [3.8, 4) is 0 Å². The van der Waals surface area contributed by atoms with Crippen LogP contribution >= 0.6 is 7.82 Å². The Balaban J connectivity index is 2.53. The van der Waals surface area contributed by atoms with Crippen LogP contribution in [-0.2, 0) is 27.6 Å². The van der Waals surface area contributed by atoms with Crippen LogP contribution in [0.15, 0.2) is 0 Å². The second-order valence-electron chi connectivity index (χ2n) is 7.67. The molecule has 0 aliphatic carbocycles. The van der Waals surface area contributed by atoms with Crippen LogP contribution in [0.5, 0.6) is 0 Å². The Morgan fingerprint density at radius 1 is 1.00 bits per heavy atom. The van der Waals surface area contributed by atoms with Gasteiger partial charge >= 0.3 is 7.82 Å². The van der Waals surface area contributed by atoms with Crippen LogP contribution in [0.25, 0.3) is 0 Å². The number of aliphatic hydroxyl groups excluding tert-OH is 2. The first kappa shape index (κ1) is 27.9. The van der Waals surface area contributed by atoms with Crippen molar-refractivity contribution >= 4 is 7.82 Å². The quantitative estimate of drug-likeness (QED) is 0.224. The molecule has 1 saturated heterocycles. The monoisotopic (exact) mass is 455 g/mol. The van der Waals surface area contributed by atoms with Crippen LogP contribution in [0.3, 0.4) is 0 Å². The van der Waals surface area contributed by atoms with E-state index >= 15 is 0 Å². The van der Waals surface area contributed by atoms with Gasteiger partial charge in [0.25, 0.3) is 0 Å². The molecule has 1 aliphatic heterocycles. The van der Waals surface area contributed by atoms with Gasteiger partial charge in [0, 0.05) is 13.7 Å². The standard InChI is InChI=1S/C20H42NO8P/c1-4-6-7-8-9-10-11-12-14-26-19-17(21)20(28-16(15-22)18(19)23)29-30(24,25-3)27-13-5-2/h16-20,22-23H,4-15,21H2,1-3H3. The molecule has 0 spiro atoms. The summed E-state index contributed by atoms with van der Waals surface area (Å²) in [5, 5.41) is 20.0. The van der Waals surface area contributed by atoms with Gasteiger partial charge in [-0.3, -0.25) is 13.6 Å². The predicted octanol–water partition coefficient (Wildman–Crippen LogP) is 3.12.